The lowest BCUT2D eigenvalue weighted by atomic mass is 10.4. The third kappa shape index (κ3) is 1.36. The molecule has 0 spiro atoms. The predicted octanol–water partition coefficient (Wildman–Crippen LogP) is -0.265. The van der Waals surface area contributed by atoms with Gasteiger partial charge in [0.15, 0.2) is 0 Å². The van der Waals surface area contributed by atoms with Crippen molar-refractivity contribution >= 4 is 0 Å². The SMILES string of the molecule is COc1nc(C)c(C)[n+]([O-])n1. The van der Waals surface area contributed by atoms with Gasteiger partial charge in [-0.05, 0) is 11.8 Å². The summed E-state index contributed by atoms with van der Waals surface area (Å²) in [5.41, 5.74) is 1.12. The molecule has 11 heavy (non-hydrogen) atoms. The Morgan fingerprint density at radius 1 is 1.45 bits per heavy atom. The number of rotatable bonds is 1. The van der Waals surface area contributed by atoms with Gasteiger partial charge in [-0.3, -0.25) is 0 Å². The van der Waals surface area contributed by atoms with Crippen molar-refractivity contribution in [2.45, 2.75) is 13.8 Å². The number of hydrogen-bond acceptors (Lipinski definition) is 4. The van der Waals surface area contributed by atoms with Crippen molar-refractivity contribution in [3.05, 3.63) is 16.6 Å². The van der Waals surface area contributed by atoms with Crippen LogP contribution in [0.4, 0.5) is 0 Å². The molecular formula is C6H9N3O2. The Kier molecular flexibility index (Phi) is 1.89. The second-order valence-corrected chi connectivity index (χ2v) is 2.14. The van der Waals surface area contributed by atoms with Crippen LogP contribution in [0.15, 0.2) is 0 Å². The highest BCUT2D eigenvalue weighted by Gasteiger charge is 2.09. The quantitative estimate of drug-likeness (QED) is 0.414. The highest BCUT2D eigenvalue weighted by atomic mass is 16.5. The molecule has 0 bridgehead atoms. The van der Waals surface area contributed by atoms with Crippen molar-refractivity contribution in [3.63, 3.8) is 0 Å². The molecule has 0 aliphatic rings. The normalized spacial score (nSPS) is 9.73. The fourth-order valence-corrected chi connectivity index (χ4v) is 0.624. The first kappa shape index (κ1) is 7.71. The van der Waals surface area contributed by atoms with Crippen LogP contribution in [0.25, 0.3) is 0 Å². The lowest BCUT2D eigenvalue weighted by Crippen LogP contribution is -2.36. The molecular weight excluding hydrogens is 146 g/mol. The van der Waals surface area contributed by atoms with Gasteiger partial charge in [0, 0.05) is 6.92 Å². The first-order chi connectivity index (χ1) is 5.15. The van der Waals surface area contributed by atoms with E-state index in [9.17, 15) is 5.21 Å². The van der Waals surface area contributed by atoms with Crippen LogP contribution in [0.5, 0.6) is 6.01 Å². The van der Waals surface area contributed by atoms with Crippen molar-refractivity contribution in [3.8, 4) is 6.01 Å². The molecule has 0 fully saturated rings. The van der Waals surface area contributed by atoms with Gasteiger partial charge in [0.2, 0.25) is 5.69 Å². The van der Waals surface area contributed by atoms with Gasteiger partial charge < -0.3 is 9.94 Å². The van der Waals surface area contributed by atoms with E-state index in [4.69, 9.17) is 0 Å². The molecule has 0 aliphatic heterocycles. The van der Waals surface area contributed by atoms with Gasteiger partial charge in [-0.1, -0.05) is 0 Å². The molecule has 0 saturated carbocycles. The minimum Gasteiger partial charge on any atom is -0.594 e. The van der Waals surface area contributed by atoms with Crippen molar-refractivity contribution < 1.29 is 9.58 Å². The van der Waals surface area contributed by atoms with Crippen LogP contribution in [0.3, 0.4) is 0 Å². The topological polar surface area (TPSA) is 62.0 Å². The zero-order valence-corrected chi connectivity index (χ0v) is 6.66. The maximum absolute atomic E-state index is 10.9. The van der Waals surface area contributed by atoms with E-state index in [2.05, 4.69) is 14.8 Å². The van der Waals surface area contributed by atoms with E-state index in [-0.39, 0.29) is 6.01 Å². The van der Waals surface area contributed by atoms with Gasteiger partial charge >= 0.3 is 6.01 Å². The fraction of sp³-hybridized carbons (Fsp3) is 0.500. The van der Waals surface area contributed by atoms with Crippen molar-refractivity contribution in [1.82, 2.24) is 10.1 Å². The summed E-state index contributed by atoms with van der Waals surface area (Å²) in [6.07, 6.45) is 0. The molecule has 0 radical (unpaired) electrons. The van der Waals surface area contributed by atoms with Crippen LogP contribution in [0.1, 0.15) is 11.4 Å². The summed E-state index contributed by atoms with van der Waals surface area (Å²) in [5.74, 6) is 0. The van der Waals surface area contributed by atoms with Crippen LogP contribution in [-0.2, 0) is 0 Å². The van der Waals surface area contributed by atoms with Crippen molar-refractivity contribution in [2.75, 3.05) is 7.11 Å². The third-order valence-electron chi connectivity index (χ3n) is 1.43. The average Bonchev–Trinajstić information content (AvgIpc) is 1.99. The van der Waals surface area contributed by atoms with Crippen LogP contribution in [0, 0.1) is 19.1 Å². The Hall–Kier alpha value is -1.39. The molecule has 5 nitrogen and oxygen atoms in total. The van der Waals surface area contributed by atoms with Crippen molar-refractivity contribution in [2.24, 2.45) is 0 Å². The first-order valence-electron chi connectivity index (χ1n) is 3.14. The van der Waals surface area contributed by atoms with E-state index in [0.717, 1.165) is 0 Å². The summed E-state index contributed by atoms with van der Waals surface area (Å²) < 4.78 is 4.69. The smallest absolute Gasteiger partial charge is 0.380 e. The third-order valence-corrected chi connectivity index (χ3v) is 1.43. The van der Waals surface area contributed by atoms with E-state index >= 15 is 0 Å². The first-order valence-corrected chi connectivity index (χ1v) is 3.14. The highest BCUT2D eigenvalue weighted by Crippen LogP contribution is 2.00. The monoisotopic (exact) mass is 155 g/mol. The Bertz CT molecular complexity index is 252. The van der Waals surface area contributed by atoms with E-state index in [1.807, 2.05) is 0 Å². The lowest BCUT2D eigenvalue weighted by molar-refractivity contribution is -0.677. The van der Waals surface area contributed by atoms with E-state index in [1.54, 1.807) is 13.8 Å². The molecule has 5 heteroatoms. The summed E-state index contributed by atoms with van der Waals surface area (Å²) >= 11 is 0. The van der Waals surface area contributed by atoms with E-state index in [1.165, 1.54) is 7.11 Å². The molecule has 1 rings (SSSR count). The Balaban J connectivity index is 3.21. The number of aromatic nitrogens is 3. The van der Waals surface area contributed by atoms with Gasteiger partial charge in [0.1, 0.15) is 5.69 Å². The maximum Gasteiger partial charge on any atom is 0.380 e. The Labute approximate surface area is 64.2 Å². The van der Waals surface area contributed by atoms with Crippen LogP contribution >= 0.6 is 0 Å². The molecule has 0 atom stereocenters. The second-order valence-electron chi connectivity index (χ2n) is 2.14. The molecule has 1 heterocycles. The summed E-state index contributed by atoms with van der Waals surface area (Å²) in [4.78, 5) is 4.40. The van der Waals surface area contributed by atoms with Gasteiger partial charge in [-0.25, -0.2) is 0 Å². The zero-order valence-electron chi connectivity index (χ0n) is 6.66. The highest BCUT2D eigenvalue weighted by molar-refractivity contribution is 5.03. The number of aryl methyl sites for hydroxylation is 1. The zero-order chi connectivity index (χ0) is 8.43. The van der Waals surface area contributed by atoms with E-state index < -0.39 is 0 Å². The Morgan fingerprint density at radius 3 is 2.55 bits per heavy atom. The van der Waals surface area contributed by atoms with Gasteiger partial charge in [-0.2, -0.15) is 4.98 Å². The summed E-state index contributed by atoms with van der Waals surface area (Å²) in [6.45, 7) is 3.38. The largest absolute Gasteiger partial charge is 0.594 e. The van der Waals surface area contributed by atoms with E-state index in [0.29, 0.717) is 16.2 Å². The van der Waals surface area contributed by atoms with Gasteiger partial charge in [0.05, 0.1) is 12.2 Å². The molecule has 0 saturated heterocycles. The van der Waals surface area contributed by atoms with Gasteiger partial charge in [0.25, 0.3) is 0 Å². The van der Waals surface area contributed by atoms with Crippen LogP contribution in [-0.4, -0.2) is 17.2 Å². The average molecular weight is 155 g/mol. The minimum atomic E-state index is 0.100. The molecule has 0 aromatic carbocycles. The number of ether oxygens (including phenoxy) is 1. The Morgan fingerprint density at radius 2 is 2.09 bits per heavy atom. The molecule has 1 aromatic heterocycles. The minimum absolute atomic E-state index is 0.100. The summed E-state index contributed by atoms with van der Waals surface area (Å²) in [7, 11) is 1.42. The lowest BCUT2D eigenvalue weighted by Gasteiger charge is -2.00. The maximum atomic E-state index is 10.9. The molecule has 0 aliphatic carbocycles. The summed E-state index contributed by atoms with van der Waals surface area (Å²) in [6, 6.07) is 0.100. The molecule has 0 unspecified atom stereocenters. The number of methoxy groups -OCH3 is 1. The fourth-order valence-electron chi connectivity index (χ4n) is 0.624. The standard InChI is InChI=1S/C6H9N3O2/c1-4-5(2)9(10)8-6(7-4)11-3/h1-3H3. The summed E-state index contributed by atoms with van der Waals surface area (Å²) in [5, 5.41) is 14.4. The van der Waals surface area contributed by atoms with Crippen LogP contribution in [0.2, 0.25) is 0 Å². The predicted molar refractivity (Wildman–Crippen MR) is 37.0 cm³/mol. The van der Waals surface area contributed by atoms with Crippen molar-refractivity contribution in [1.29, 1.82) is 0 Å². The number of hydrogen-bond donors (Lipinski definition) is 0. The molecule has 0 amide bonds. The van der Waals surface area contributed by atoms with Crippen LogP contribution < -0.4 is 9.58 Å². The second kappa shape index (κ2) is 2.69. The molecule has 1 aromatic rings. The number of nitrogens with zero attached hydrogens (tertiary/aromatic N) is 3. The molecule has 0 N–H and O–H groups in total. The molecule has 60 valence electrons. The van der Waals surface area contributed by atoms with Gasteiger partial charge in [-0.15, -0.1) is 0 Å².